The van der Waals surface area contributed by atoms with Gasteiger partial charge in [-0.1, -0.05) is 31.1 Å². The van der Waals surface area contributed by atoms with E-state index in [9.17, 15) is 8.78 Å². The van der Waals surface area contributed by atoms with Gasteiger partial charge in [0.15, 0.2) is 0 Å². The molecule has 1 atom stereocenters. The average Bonchev–Trinajstić information content (AvgIpc) is 2.75. The molecule has 21 heavy (non-hydrogen) atoms. The molecule has 2 rings (SSSR count). The van der Waals surface area contributed by atoms with Crippen molar-refractivity contribution in [1.29, 1.82) is 0 Å². The summed E-state index contributed by atoms with van der Waals surface area (Å²) in [6, 6.07) is 4.16. The molecule has 1 nitrogen and oxygen atoms in total. The Balaban J connectivity index is 2.17. The van der Waals surface area contributed by atoms with Crippen molar-refractivity contribution in [3.63, 3.8) is 0 Å². The van der Waals surface area contributed by atoms with E-state index in [1.165, 1.54) is 43.0 Å². The van der Waals surface area contributed by atoms with Crippen LogP contribution in [0.2, 0.25) is 0 Å². The van der Waals surface area contributed by atoms with Gasteiger partial charge in [0.1, 0.15) is 11.6 Å². The summed E-state index contributed by atoms with van der Waals surface area (Å²) in [7, 11) is 0. The van der Waals surface area contributed by atoms with Gasteiger partial charge in [-0.3, -0.25) is 0 Å². The summed E-state index contributed by atoms with van der Waals surface area (Å²) in [6.45, 7) is 2.98. The molecule has 1 aromatic rings. The van der Waals surface area contributed by atoms with Gasteiger partial charge in [0.05, 0.1) is 0 Å². The van der Waals surface area contributed by atoms with E-state index in [-0.39, 0.29) is 11.6 Å². The minimum atomic E-state index is -0.437. The standard InChI is InChI=1S/C18H25F2N/c1-2-12-21-18(14-8-5-3-4-6-9-14)13-15-16(19)10-7-11-17(15)20/h7-8,10-11,18,21H,2-6,9,12-13H2,1H3. The van der Waals surface area contributed by atoms with Crippen molar-refractivity contribution in [3.05, 3.63) is 47.0 Å². The lowest BCUT2D eigenvalue weighted by atomic mass is 9.94. The molecule has 0 bridgehead atoms. The lowest BCUT2D eigenvalue weighted by molar-refractivity contribution is 0.501. The van der Waals surface area contributed by atoms with Crippen LogP contribution in [-0.2, 0) is 6.42 Å². The van der Waals surface area contributed by atoms with Crippen molar-refractivity contribution < 1.29 is 8.78 Å². The summed E-state index contributed by atoms with van der Waals surface area (Å²) in [4.78, 5) is 0. The first-order valence-corrected chi connectivity index (χ1v) is 8.07. The van der Waals surface area contributed by atoms with E-state index in [0.29, 0.717) is 6.42 Å². The van der Waals surface area contributed by atoms with Gasteiger partial charge in [-0.15, -0.1) is 0 Å². The van der Waals surface area contributed by atoms with Gasteiger partial charge in [-0.05, 0) is 57.2 Å². The molecule has 116 valence electrons. The Hall–Kier alpha value is -1.22. The Morgan fingerprint density at radius 2 is 1.90 bits per heavy atom. The van der Waals surface area contributed by atoms with Crippen LogP contribution in [-0.4, -0.2) is 12.6 Å². The van der Waals surface area contributed by atoms with E-state index in [4.69, 9.17) is 0 Å². The summed E-state index contributed by atoms with van der Waals surface area (Å²) in [6.07, 6.45) is 9.45. The van der Waals surface area contributed by atoms with Crippen LogP contribution in [0, 0.1) is 11.6 Å². The fourth-order valence-electron chi connectivity index (χ4n) is 2.94. The molecule has 1 aliphatic carbocycles. The molecular weight excluding hydrogens is 268 g/mol. The van der Waals surface area contributed by atoms with Crippen molar-refractivity contribution in [2.45, 2.75) is 57.9 Å². The molecule has 0 radical (unpaired) electrons. The molecule has 0 amide bonds. The summed E-state index contributed by atoms with van der Waals surface area (Å²) in [5.41, 5.74) is 1.53. The summed E-state index contributed by atoms with van der Waals surface area (Å²) < 4.78 is 27.8. The van der Waals surface area contributed by atoms with E-state index >= 15 is 0 Å². The van der Waals surface area contributed by atoms with Crippen LogP contribution in [0.5, 0.6) is 0 Å². The molecule has 1 aromatic carbocycles. The smallest absolute Gasteiger partial charge is 0.129 e. The number of hydrogen-bond donors (Lipinski definition) is 1. The highest BCUT2D eigenvalue weighted by Crippen LogP contribution is 2.24. The molecule has 3 heteroatoms. The third kappa shape index (κ3) is 4.63. The first-order chi connectivity index (χ1) is 10.2. The third-order valence-electron chi connectivity index (χ3n) is 4.13. The highest BCUT2D eigenvalue weighted by molar-refractivity contribution is 5.24. The Kier molecular flexibility index (Phi) is 6.37. The first kappa shape index (κ1) is 16.2. The van der Waals surface area contributed by atoms with Crippen LogP contribution in [0.15, 0.2) is 29.8 Å². The highest BCUT2D eigenvalue weighted by atomic mass is 19.1. The van der Waals surface area contributed by atoms with Crippen molar-refractivity contribution in [1.82, 2.24) is 5.32 Å². The van der Waals surface area contributed by atoms with E-state index in [1.54, 1.807) is 0 Å². The van der Waals surface area contributed by atoms with E-state index in [0.717, 1.165) is 25.8 Å². The van der Waals surface area contributed by atoms with Crippen LogP contribution in [0.3, 0.4) is 0 Å². The Labute approximate surface area is 126 Å². The largest absolute Gasteiger partial charge is 0.310 e. The second-order valence-corrected chi connectivity index (χ2v) is 5.79. The predicted octanol–water partition coefficient (Wildman–Crippen LogP) is 4.77. The van der Waals surface area contributed by atoms with Gasteiger partial charge in [0.2, 0.25) is 0 Å². The maximum atomic E-state index is 13.9. The number of hydrogen-bond acceptors (Lipinski definition) is 1. The van der Waals surface area contributed by atoms with Crippen molar-refractivity contribution in [2.24, 2.45) is 0 Å². The fourth-order valence-corrected chi connectivity index (χ4v) is 2.94. The van der Waals surface area contributed by atoms with Crippen molar-refractivity contribution >= 4 is 0 Å². The van der Waals surface area contributed by atoms with Gasteiger partial charge in [0, 0.05) is 11.6 Å². The second kappa shape index (κ2) is 8.28. The van der Waals surface area contributed by atoms with Gasteiger partial charge in [-0.2, -0.15) is 0 Å². The monoisotopic (exact) mass is 293 g/mol. The zero-order valence-electron chi connectivity index (χ0n) is 12.8. The highest BCUT2D eigenvalue weighted by Gasteiger charge is 2.19. The lowest BCUT2D eigenvalue weighted by Gasteiger charge is -2.22. The zero-order chi connectivity index (χ0) is 15.1. The summed E-state index contributed by atoms with van der Waals surface area (Å²) in [5, 5.41) is 3.47. The van der Waals surface area contributed by atoms with Crippen molar-refractivity contribution in [3.8, 4) is 0 Å². The van der Waals surface area contributed by atoms with Crippen LogP contribution >= 0.6 is 0 Å². The van der Waals surface area contributed by atoms with Gasteiger partial charge in [0.25, 0.3) is 0 Å². The maximum Gasteiger partial charge on any atom is 0.129 e. The van der Waals surface area contributed by atoms with E-state index < -0.39 is 11.6 Å². The van der Waals surface area contributed by atoms with E-state index in [2.05, 4.69) is 18.3 Å². The number of rotatable bonds is 6. The van der Waals surface area contributed by atoms with Crippen LogP contribution in [0.25, 0.3) is 0 Å². The molecule has 0 saturated heterocycles. The second-order valence-electron chi connectivity index (χ2n) is 5.79. The molecule has 0 aliphatic heterocycles. The fraction of sp³-hybridized carbons (Fsp3) is 0.556. The van der Waals surface area contributed by atoms with Gasteiger partial charge in [-0.25, -0.2) is 8.78 Å². The minimum absolute atomic E-state index is 0.0504. The Morgan fingerprint density at radius 3 is 2.62 bits per heavy atom. The topological polar surface area (TPSA) is 12.0 Å². The van der Waals surface area contributed by atoms with Crippen molar-refractivity contribution in [2.75, 3.05) is 6.54 Å². The number of nitrogens with one attached hydrogen (secondary N) is 1. The number of halogens is 2. The molecule has 0 saturated carbocycles. The maximum absolute atomic E-state index is 13.9. The molecule has 0 spiro atoms. The third-order valence-corrected chi connectivity index (χ3v) is 4.13. The SMILES string of the molecule is CCCNC(Cc1c(F)cccc1F)C1=CCCCCC1. The summed E-state index contributed by atoms with van der Waals surface area (Å²) in [5.74, 6) is -0.875. The quantitative estimate of drug-likeness (QED) is 0.745. The molecule has 1 unspecified atom stereocenters. The minimum Gasteiger partial charge on any atom is -0.310 e. The van der Waals surface area contributed by atoms with Crippen LogP contribution in [0.4, 0.5) is 8.78 Å². The summed E-state index contributed by atoms with van der Waals surface area (Å²) >= 11 is 0. The zero-order valence-corrected chi connectivity index (χ0v) is 12.8. The molecule has 1 aliphatic rings. The van der Waals surface area contributed by atoms with Crippen LogP contribution < -0.4 is 5.32 Å². The average molecular weight is 293 g/mol. The molecule has 1 N–H and O–H groups in total. The number of benzene rings is 1. The number of allylic oxidation sites excluding steroid dienone is 1. The lowest BCUT2D eigenvalue weighted by Crippen LogP contribution is -2.34. The van der Waals surface area contributed by atoms with E-state index in [1.807, 2.05) is 0 Å². The molecule has 0 aromatic heterocycles. The van der Waals surface area contributed by atoms with Crippen LogP contribution in [0.1, 0.15) is 51.0 Å². The predicted molar refractivity (Wildman–Crippen MR) is 83.3 cm³/mol. The van der Waals surface area contributed by atoms with Gasteiger partial charge < -0.3 is 5.32 Å². The van der Waals surface area contributed by atoms with Gasteiger partial charge >= 0.3 is 0 Å². The molecule has 0 fully saturated rings. The molecular formula is C18H25F2N. The first-order valence-electron chi connectivity index (χ1n) is 8.07. The Morgan fingerprint density at radius 1 is 1.14 bits per heavy atom. The molecule has 0 heterocycles. The Bertz CT molecular complexity index is 462. The normalized spacial score (nSPS) is 17.2.